The summed E-state index contributed by atoms with van der Waals surface area (Å²) in [5.74, 6) is 0.773. The number of carbonyl (C=O) groups is 1. The van der Waals surface area contributed by atoms with Gasteiger partial charge in [0.2, 0.25) is 5.91 Å². The van der Waals surface area contributed by atoms with Gasteiger partial charge in [-0.25, -0.2) is 0 Å². The van der Waals surface area contributed by atoms with Gasteiger partial charge in [0.1, 0.15) is 5.75 Å². The molecule has 116 valence electrons. The SMILES string of the molecule is Cc1ccccc1OCCC(=O)NC1CCCCCC1O. The van der Waals surface area contributed by atoms with E-state index in [0.717, 1.165) is 43.4 Å². The molecular weight excluding hydrogens is 266 g/mol. The summed E-state index contributed by atoms with van der Waals surface area (Å²) in [5.41, 5.74) is 1.07. The number of aryl methyl sites for hydroxylation is 1. The molecule has 2 N–H and O–H groups in total. The standard InChI is InChI=1S/C17H25NO3/c1-13-7-5-6-10-16(13)21-12-11-17(20)18-14-8-3-2-4-9-15(14)19/h5-7,10,14-15,19H,2-4,8-9,11-12H2,1H3,(H,18,20). The highest BCUT2D eigenvalue weighted by Gasteiger charge is 2.22. The zero-order valence-corrected chi connectivity index (χ0v) is 12.7. The Morgan fingerprint density at radius 3 is 2.86 bits per heavy atom. The van der Waals surface area contributed by atoms with Crippen molar-refractivity contribution in [2.45, 2.75) is 57.6 Å². The second-order valence-corrected chi connectivity index (χ2v) is 5.74. The van der Waals surface area contributed by atoms with E-state index >= 15 is 0 Å². The third kappa shape index (κ3) is 5.05. The van der Waals surface area contributed by atoms with E-state index in [2.05, 4.69) is 5.32 Å². The molecule has 0 aliphatic heterocycles. The molecule has 1 fully saturated rings. The molecule has 0 spiro atoms. The lowest BCUT2D eigenvalue weighted by atomic mass is 10.1. The van der Waals surface area contributed by atoms with E-state index in [4.69, 9.17) is 4.74 Å². The molecule has 0 radical (unpaired) electrons. The van der Waals surface area contributed by atoms with Crippen LogP contribution >= 0.6 is 0 Å². The van der Waals surface area contributed by atoms with Gasteiger partial charge in [0, 0.05) is 0 Å². The zero-order valence-electron chi connectivity index (χ0n) is 12.7. The zero-order chi connectivity index (χ0) is 15.1. The summed E-state index contributed by atoms with van der Waals surface area (Å²) in [7, 11) is 0. The van der Waals surface area contributed by atoms with Gasteiger partial charge in [-0.05, 0) is 31.4 Å². The average Bonchev–Trinajstić information content (AvgIpc) is 2.66. The quantitative estimate of drug-likeness (QED) is 0.820. The fourth-order valence-electron chi connectivity index (χ4n) is 2.71. The number of hydrogen-bond donors (Lipinski definition) is 2. The van der Waals surface area contributed by atoms with Gasteiger partial charge < -0.3 is 15.2 Å². The molecule has 2 unspecified atom stereocenters. The fraction of sp³-hybridized carbons (Fsp3) is 0.588. The van der Waals surface area contributed by atoms with E-state index < -0.39 is 6.10 Å². The van der Waals surface area contributed by atoms with Gasteiger partial charge in [0.15, 0.2) is 0 Å². The Balaban J connectivity index is 1.73. The Labute approximate surface area is 126 Å². The molecular formula is C17H25NO3. The number of amides is 1. The summed E-state index contributed by atoms with van der Waals surface area (Å²) in [5, 5.41) is 12.9. The highest BCUT2D eigenvalue weighted by Crippen LogP contribution is 2.18. The summed E-state index contributed by atoms with van der Waals surface area (Å²) in [6.07, 6.45) is 4.81. The first-order valence-electron chi connectivity index (χ1n) is 7.82. The van der Waals surface area contributed by atoms with Gasteiger partial charge in [0.25, 0.3) is 0 Å². The topological polar surface area (TPSA) is 58.6 Å². The van der Waals surface area contributed by atoms with Crippen molar-refractivity contribution < 1.29 is 14.6 Å². The number of para-hydroxylation sites is 1. The normalized spacial score (nSPS) is 22.4. The molecule has 4 nitrogen and oxygen atoms in total. The van der Waals surface area contributed by atoms with Crippen LogP contribution in [0.1, 0.15) is 44.1 Å². The van der Waals surface area contributed by atoms with E-state index in [9.17, 15) is 9.90 Å². The maximum Gasteiger partial charge on any atom is 0.223 e. The van der Waals surface area contributed by atoms with Crippen molar-refractivity contribution in [2.75, 3.05) is 6.61 Å². The second kappa shape index (κ2) is 8.03. The number of ether oxygens (including phenoxy) is 1. The van der Waals surface area contributed by atoms with Crippen LogP contribution in [0.3, 0.4) is 0 Å². The molecule has 0 aromatic heterocycles. The minimum absolute atomic E-state index is 0.0467. The molecule has 2 rings (SSSR count). The van der Waals surface area contributed by atoms with Gasteiger partial charge in [-0.1, -0.05) is 37.5 Å². The number of hydrogen-bond acceptors (Lipinski definition) is 3. The van der Waals surface area contributed by atoms with Crippen LogP contribution in [0, 0.1) is 6.92 Å². The molecule has 1 saturated carbocycles. The van der Waals surface area contributed by atoms with Crippen LogP contribution in [-0.2, 0) is 4.79 Å². The van der Waals surface area contributed by atoms with Crippen molar-refractivity contribution in [3.8, 4) is 5.75 Å². The third-order valence-electron chi connectivity index (χ3n) is 4.01. The molecule has 0 bridgehead atoms. The minimum atomic E-state index is -0.409. The lowest BCUT2D eigenvalue weighted by Gasteiger charge is -2.21. The van der Waals surface area contributed by atoms with Crippen molar-refractivity contribution in [1.82, 2.24) is 5.32 Å². The van der Waals surface area contributed by atoms with E-state index in [-0.39, 0.29) is 11.9 Å². The van der Waals surface area contributed by atoms with E-state index in [0.29, 0.717) is 13.0 Å². The number of nitrogens with one attached hydrogen (secondary N) is 1. The Morgan fingerprint density at radius 2 is 2.05 bits per heavy atom. The predicted octanol–water partition coefficient (Wildman–Crippen LogP) is 2.57. The monoisotopic (exact) mass is 291 g/mol. The Kier molecular flexibility index (Phi) is 6.05. The summed E-state index contributed by atoms with van der Waals surface area (Å²) >= 11 is 0. The van der Waals surface area contributed by atoms with Gasteiger partial charge >= 0.3 is 0 Å². The van der Waals surface area contributed by atoms with Gasteiger partial charge in [-0.15, -0.1) is 0 Å². The second-order valence-electron chi connectivity index (χ2n) is 5.74. The number of rotatable bonds is 5. The first-order valence-corrected chi connectivity index (χ1v) is 7.82. The molecule has 1 aliphatic carbocycles. The molecule has 4 heteroatoms. The van der Waals surface area contributed by atoms with Crippen LogP contribution in [0.5, 0.6) is 5.75 Å². The summed E-state index contributed by atoms with van der Waals surface area (Å²) in [6.45, 7) is 2.34. The molecule has 0 heterocycles. The molecule has 1 aromatic rings. The van der Waals surface area contributed by atoms with E-state index in [1.165, 1.54) is 0 Å². The van der Waals surface area contributed by atoms with Crippen LogP contribution in [0.25, 0.3) is 0 Å². The van der Waals surface area contributed by atoms with Crippen LogP contribution in [0.15, 0.2) is 24.3 Å². The lowest BCUT2D eigenvalue weighted by molar-refractivity contribution is -0.123. The van der Waals surface area contributed by atoms with Crippen LogP contribution < -0.4 is 10.1 Å². The summed E-state index contributed by atoms with van der Waals surface area (Å²) in [6, 6.07) is 7.67. The smallest absolute Gasteiger partial charge is 0.223 e. The van der Waals surface area contributed by atoms with Gasteiger partial charge in [-0.2, -0.15) is 0 Å². The molecule has 1 aliphatic rings. The number of carbonyl (C=O) groups excluding carboxylic acids is 1. The Bertz CT molecular complexity index is 461. The van der Waals surface area contributed by atoms with Crippen molar-refractivity contribution in [3.05, 3.63) is 29.8 Å². The summed E-state index contributed by atoms with van der Waals surface area (Å²) in [4.78, 5) is 11.9. The predicted molar refractivity (Wildman–Crippen MR) is 82.3 cm³/mol. The average molecular weight is 291 g/mol. The number of aliphatic hydroxyl groups is 1. The van der Waals surface area contributed by atoms with Gasteiger partial charge in [0.05, 0.1) is 25.2 Å². The Morgan fingerprint density at radius 1 is 1.29 bits per heavy atom. The maximum absolute atomic E-state index is 11.9. The highest BCUT2D eigenvalue weighted by molar-refractivity contribution is 5.76. The fourth-order valence-corrected chi connectivity index (χ4v) is 2.71. The minimum Gasteiger partial charge on any atom is -0.493 e. The molecule has 1 amide bonds. The van der Waals surface area contributed by atoms with Crippen LogP contribution in [0.2, 0.25) is 0 Å². The molecule has 21 heavy (non-hydrogen) atoms. The Hall–Kier alpha value is -1.55. The highest BCUT2D eigenvalue weighted by atomic mass is 16.5. The lowest BCUT2D eigenvalue weighted by Crippen LogP contribution is -2.43. The van der Waals surface area contributed by atoms with Gasteiger partial charge in [-0.3, -0.25) is 4.79 Å². The van der Waals surface area contributed by atoms with E-state index in [1.807, 2.05) is 31.2 Å². The van der Waals surface area contributed by atoms with Crippen molar-refractivity contribution in [1.29, 1.82) is 0 Å². The van der Waals surface area contributed by atoms with Crippen LogP contribution in [-0.4, -0.2) is 29.8 Å². The third-order valence-corrected chi connectivity index (χ3v) is 4.01. The van der Waals surface area contributed by atoms with Crippen molar-refractivity contribution in [3.63, 3.8) is 0 Å². The van der Waals surface area contributed by atoms with E-state index in [1.54, 1.807) is 0 Å². The molecule has 1 aromatic carbocycles. The maximum atomic E-state index is 11.9. The molecule has 2 atom stereocenters. The number of aliphatic hydroxyl groups excluding tert-OH is 1. The molecule has 0 saturated heterocycles. The summed E-state index contributed by atoms with van der Waals surface area (Å²) < 4.78 is 5.62. The largest absolute Gasteiger partial charge is 0.493 e. The first-order chi connectivity index (χ1) is 10.2. The first kappa shape index (κ1) is 15.8. The van der Waals surface area contributed by atoms with Crippen molar-refractivity contribution >= 4 is 5.91 Å². The van der Waals surface area contributed by atoms with Crippen LogP contribution in [0.4, 0.5) is 0 Å². The van der Waals surface area contributed by atoms with Crippen molar-refractivity contribution in [2.24, 2.45) is 0 Å². The number of benzene rings is 1.